The van der Waals surface area contributed by atoms with Gasteiger partial charge in [0.1, 0.15) is 5.82 Å². The van der Waals surface area contributed by atoms with Gasteiger partial charge in [0.05, 0.1) is 10.6 Å². The number of benzene rings is 1. The number of nitrogens with two attached hydrogens (primary N) is 1. The number of hydrogen-bond donors (Lipinski definition) is 1. The third-order valence-electron chi connectivity index (χ3n) is 1.50. The van der Waals surface area contributed by atoms with Gasteiger partial charge in [-0.05, 0) is 24.6 Å². The van der Waals surface area contributed by atoms with Gasteiger partial charge in [0.2, 0.25) is 5.91 Å². The molecule has 64 valence electrons. The highest BCUT2D eigenvalue weighted by Gasteiger charge is 2.10. The molecule has 0 atom stereocenters. The second-order valence-electron chi connectivity index (χ2n) is 2.44. The largest absolute Gasteiger partial charge is 0.366 e. The molecule has 1 amide bonds. The van der Waals surface area contributed by atoms with E-state index in [1.807, 2.05) is 0 Å². The van der Waals surface area contributed by atoms with E-state index in [0.717, 1.165) is 6.07 Å². The molecule has 1 rings (SSSR count). The molecule has 0 radical (unpaired) electrons. The maximum absolute atomic E-state index is 12.6. The minimum absolute atomic E-state index is 0.0556. The quantitative estimate of drug-likeness (QED) is 0.717. The van der Waals surface area contributed by atoms with Crippen molar-refractivity contribution in [3.63, 3.8) is 0 Å². The van der Waals surface area contributed by atoms with Crippen molar-refractivity contribution in [3.05, 3.63) is 34.1 Å². The van der Waals surface area contributed by atoms with Crippen molar-refractivity contribution in [1.82, 2.24) is 0 Å². The van der Waals surface area contributed by atoms with Crippen molar-refractivity contribution >= 4 is 17.5 Å². The van der Waals surface area contributed by atoms with Crippen molar-refractivity contribution in [2.75, 3.05) is 0 Å². The van der Waals surface area contributed by atoms with Crippen LogP contribution in [0.3, 0.4) is 0 Å². The Morgan fingerprint density at radius 3 is 2.58 bits per heavy atom. The number of carbonyl (C=O) groups is 1. The van der Waals surface area contributed by atoms with Crippen molar-refractivity contribution in [2.24, 2.45) is 5.73 Å². The fourth-order valence-electron chi connectivity index (χ4n) is 1.01. The Morgan fingerprint density at radius 2 is 2.17 bits per heavy atom. The van der Waals surface area contributed by atoms with Crippen LogP contribution in [0.25, 0.3) is 0 Å². The molecule has 4 heteroatoms. The molecule has 0 heterocycles. The molecule has 2 nitrogen and oxygen atoms in total. The summed E-state index contributed by atoms with van der Waals surface area (Å²) in [4.78, 5) is 10.8. The molecule has 0 unspecified atom stereocenters. The number of carbonyl (C=O) groups excluding carboxylic acids is 1. The predicted molar refractivity (Wildman–Crippen MR) is 44.7 cm³/mol. The fourth-order valence-corrected chi connectivity index (χ4v) is 1.36. The maximum atomic E-state index is 12.6. The smallest absolute Gasteiger partial charge is 0.250 e. The Morgan fingerprint density at radius 1 is 1.58 bits per heavy atom. The van der Waals surface area contributed by atoms with Crippen LogP contribution in [0.2, 0.25) is 5.02 Å². The predicted octanol–water partition coefficient (Wildman–Crippen LogP) is 1.89. The maximum Gasteiger partial charge on any atom is 0.250 e. The van der Waals surface area contributed by atoms with Crippen LogP contribution in [0.15, 0.2) is 12.1 Å². The van der Waals surface area contributed by atoms with E-state index in [9.17, 15) is 9.18 Å². The number of rotatable bonds is 1. The van der Waals surface area contributed by atoms with Crippen molar-refractivity contribution in [3.8, 4) is 0 Å². The van der Waals surface area contributed by atoms with Crippen LogP contribution >= 0.6 is 11.6 Å². The van der Waals surface area contributed by atoms with Gasteiger partial charge in [0.15, 0.2) is 0 Å². The number of hydrogen-bond acceptors (Lipinski definition) is 1. The highest BCUT2D eigenvalue weighted by Crippen LogP contribution is 2.20. The number of primary amides is 1. The summed E-state index contributed by atoms with van der Waals surface area (Å²) in [5, 5.41) is 0.0556. The minimum atomic E-state index is -0.641. The van der Waals surface area contributed by atoms with E-state index in [0.29, 0.717) is 5.56 Å². The Bertz CT molecular complexity index is 315. The molecule has 0 aliphatic carbocycles. The van der Waals surface area contributed by atoms with Gasteiger partial charge in [-0.1, -0.05) is 11.6 Å². The molecular formula is C8H7ClFNO. The lowest BCUT2D eigenvalue weighted by Gasteiger charge is -2.03. The molecule has 1 aromatic rings. The molecule has 0 aliphatic heterocycles. The molecule has 0 aromatic heterocycles. The van der Waals surface area contributed by atoms with E-state index < -0.39 is 11.7 Å². The summed E-state index contributed by atoms with van der Waals surface area (Å²) in [5.41, 5.74) is 5.65. The summed E-state index contributed by atoms with van der Waals surface area (Å²) in [6.07, 6.45) is 0. The minimum Gasteiger partial charge on any atom is -0.366 e. The van der Waals surface area contributed by atoms with Gasteiger partial charge in [-0.15, -0.1) is 0 Å². The van der Waals surface area contributed by atoms with Crippen molar-refractivity contribution < 1.29 is 9.18 Å². The van der Waals surface area contributed by atoms with E-state index in [1.165, 1.54) is 6.07 Å². The molecule has 0 saturated carbocycles. The molecule has 2 N–H and O–H groups in total. The normalized spacial score (nSPS) is 9.92. The highest BCUT2D eigenvalue weighted by molar-refractivity contribution is 6.34. The molecule has 0 saturated heterocycles. The van der Waals surface area contributed by atoms with Crippen LogP contribution in [0.5, 0.6) is 0 Å². The van der Waals surface area contributed by atoms with Gasteiger partial charge < -0.3 is 5.73 Å². The van der Waals surface area contributed by atoms with E-state index in [2.05, 4.69) is 0 Å². The van der Waals surface area contributed by atoms with Crippen LogP contribution in [0.1, 0.15) is 15.9 Å². The van der Waals surface area contributed by atoms with Gasteiger partial charge in [-0.3, -0.25) is 4.79 Å². The average molecular weight is 188 g/mol. The topological polar surface area (TPSA) is 43.1 Å². The number of halogens is 2. The zero-order valence-electron chi connectivity index (χ0n) is 6.40. The van der Waals surface area contributed by atoms with Gasteiger partial charge in [-0.25, -0.2) is 4.39 Å². The molecule has 12 heavy (non-hydrogen) atoms. The van der Waals surface area contributed by atoms with Gasteiger partial charge in [0, 0.05) is 0 Å². The van der Waals surface area contributed by atoms with Crippen LogP contribution in [-0.4, -0.2) is 5.91 Å². The molecule has 0 spiro atoms. The lowest BCUT2D eigenvalue weighted by molar-refractivity contribution is 0.1000. The van der Waals surface area contributed by atoms with Crippen LogP contribution < -0.4 is 5.73 Å². The third kappa shape index (κ3) is 1.56. The number of aryl methyl sites for hydroxylation is 1. The van der Waals surface area contributed by atoms with Crippen molar-refractivity contribution in [2.45, 2.75) is 6.92 Å². The Labute approximate surface area is 74.1 Å². The summed E-state index contributed by atoms with van der Waals surface area (Å²) in [6.45, 7) is 1.58. The molecule has 1 aromatic carbocycles. The van der Waals surface area contributed by atoms with Crippen LogP contribution in [0.4, 0.5) is 4.39 Å². The van der Waals surface area contributed by atoms with Gasteiger partial charge in [-0.2, -0.15) is 0 Å². The van der Waals surface area contributed by atoms with Crippen molar-refractivity contribution in [1.29, 1.82) is 0 Å². The first-order chi connectivity index (χ1) is 5.52. The zero-order valence-corrected chi connectivity index (χ0v) is 7.15. The summed E-state index contributed by atoms with van der Waals surface area (Å²) >= 11 is 5.59. The molecule has 0 bridgehead atoms. The van der Waals surface area contributed by atoms with E-state index >= 15 is 0 Å². The van der Waals surface area contributed by atoms with E-state index in [-0.39, 0.29) is 10.6 Å². The summed E-state index contributed by atoms with van der Waals surface area (Å²) < 4.78 is 12.6. The third-order valence-corrected chi connectivity index (χ3v) is 1.80. The Hall–Kier alpha value is -1.09. The average Bonchev–Trinajstić information content (AvgIpc) is 1.82. The second kappa shape index (κ2) is 3.11. The van der Waals surface area contributed by atoms with Gasteiger partial charge >= 0.3 is 0 Å². The summed E-state index contributed by atoms with van der Waals surface area (Å²) in [5.74, 6) is -1.11. The van der Waals surface area contributed by atoms with Crippen LogP contribution in [0, 0.1) is 12.7 Å². The molecule has 0 fully saturated rings. The first-order valence-corrected chi connectivity index (χ1v) is 3.65. The standard InChI is InChI=1S/C8H7ClFNO/c1-4-2-5(10)3-6(9)7(4)8(11)12/h2-3H,1H3,(H2,11,12). The van der Waals surface area contributed by atoms with Gasteiger partial charge in [0.25, 0.3) is 0 Å². The Kier molecular flexibility index (Phi) is 2.33. The first kappa shape index (κ1) is 9.00. The lowest BCUT2D eigenvalue weighted by atomic mass is 10.1. The summed E-state index contributed by atoms with van der Waals surface area (Å²) in [7, 11) is 0. The highest BCUT2D eigenvalue weighted by atomic mass is 35.5. The fraction of sp³-hybridized carbons (Fsp3) is 0.125. The molecule has 0 aliphatic rings. The van der Waals surface area contributed by atoms with E-state index in [4.69, 9.17) is 17.3 Å². The monoisotopic (exact) mass is 187 g/mol. The van der Waals surface area contributed by atoms with Crippen LogP contribution in [-0.2, 0) is 0 Å². The SMILES string of the molecule is Cc1cc(F)cc(Cl)c1C(N)=O. The van der Waals surface area contributed by atoms with E-state index in [1.54, 1.807) is 6.92 Å². The number of amides is 1. The molecular weight excluding hydrogens is 181 g/mol. The Balaban J connectivity index is 3.38. The lowest BCUT2D eigenvalue weighted by Crippen LogP contribution is -2.13. The first-order valence-electron chi connectivity index (χ1n) is 3.28. The second-order valence-corrected chi connectivity index (χ2v) is 2.85. The zero-order chi connectivity index (χ0) is 9.30. The summed E-state index contributed by atoms with van der Waals surface area (Å²) in [6, 6.07) is 2.28.